The smallest absolute Gasteiger partial charge is 0.526 e. The van der Waals surface area contributed by atoms with E-state index in [-0.39, 0.29) is 29.2 Å². The van der Waals surface area contributed by atoms with Gasteiger partial charge >= 0.3 is 7.69 Å². The van der Waals surface area contributed by atoms with Gasteiger partial charge in [0.15, 0.2) is 11.6 Å². The molecule has 0 saturated carbocycles. The van der Waals surface area contributed by atoms with Crippen molar-refractivity contribution in [1.29, 1.82) is 0 Å². The van der Waals surface area contributed by atoms with E-state index < -0.39 is 11.6 Å². The zero-order chi connectivity index (χ0) is 13.8. The minimum atomic E-state index is -0.695. The first-order valence-electron chi connectivity index (χ1n) is 5.23. The summed E-state index contributed by atoms with van der Waals surface area (Å²) in [7, 11) is -0.367. The van der Waals surface area contributed by atoms with Crippen LogP contribution in [0, 0.1) is 11.6 Å². The minimum Gasteiger partial charge on any atom is -0.526 e. The lowest BCUT2D eigenvalue weighted by molar-refractivity contribution is 0.421. The predicted octanol–water partition coefficient (Wildman–Crippen LogP) is 4.00. The van der Waals surface area contributed by atoms with Crippen LogP contribution in [-0.2, 0) is 0 Å². The third-order valence-electron chi connectivity index (χ3n) is 2.26. The van der Waals surface area contributed by atoms with E-state index in [1.165, 1.54) is 36.4 Å². The molecule has 7 heteroatoms. The first-order chi connectivity index (χ1) is 9.09. The van der Waals surface area contributed by atoms with Crippen molar-refractivity contribution >= 4 is 30.9 Å². The van der Waals surface area contributed by atoms with E-state index in [1.54, 1.807) is 0 Å². The number of hydrogen-bond donors (Lipinski definition) is 0. The molecule has 0 amide bonds. The Morgan fingerprint density at radius 2 is 1.21 bits per heavy atom. The molecule has 19 heavy (non-hydrogen) atoms. The van der Waals surface area contributed by atoms with Gasteiger partial charge in [0.2, 0.25) is 0 Å². The zero-order valence-electron chi connectivity index (χ0n) is 9.50. The van der Waals surface area contributed by atoms with Crippen LogP contribution in [-0.4, -0.2) is 7.69 Å². The van der Waals surface area contributed by atoms with Crippen LogP contribution in [0.2, 0.25) is 10.0 Å². The lowest BCUT2D eigenvalue weighted by atomic mass is 10.3. The first-order valence-corrected chi connectivity index (χ1v) is 5.99. The zero-order valence-corrected chi connectivity index (χ0v) is 11.0. The fourth-order valence-electron chi connectivity index (χ4n) is 1.35. The Hall–Kier alpha value is -1.46. The van der Waals surface area contributed by atoms with Crippen LogP contribution in [0.15, 0.2) is 36.4 Å². The summed E-state index contributed by atoms with van der Waals surface area (Å²) >= 11 is 11.2. The Balaban J connectivity index is 2.00. The third kappa shape index (κ3) is 3.30. The van der Waals surface area contributed by atoms with Gasteiger partial charge in [0.05, 0.1) is 10.0 Å². The second-order valence-electron chi connectivity index (χ2n) is 3.51. The largest absolute Gasteiger partial charge is 0.576 e. The quantitative estimate of drug-likeness (QED) is 0.795. The summed E-state index contributed by atoms with van der Waals surface area (Å²) in [5.41, 5.74) is 0. The van der Waals surface area contributed by atoms with Gasteiger partial charge in [0.1, 0.15) is 11.5 Å². The fourth-order valence-corrected chi connectivity index (χ4v) is 1.68. The number of halogens is 4. The first kappa shape index (κ1) is 14.0. The highest BCUT2D eigenvalue weighted by Crippen LogP contribution is 2.25. The Bertz CT molecular complexity index is 544. The lowest BCUT2D eigenvalue weighted by Crippen LogP contribution is -2.12. The van der Waals surface area contributed by atoms with Crippen molar-refractivity contribution in [1.82, 2.24) is 0 Å². The van der Waals surface area contributed by atoms with Gasteiger partial charge in [-0.15, -0.1) is 0 Å². The van der Waals surface area contributed by atoms with Crippen molar-refractivity contribution in [3.63, 3.8) is 0 Å². The molecule has 0 N–H and O–H groups in total. The van der Waals surface area contributed by atoms with Crippen LogP contribution in [0.3, 0.4) is 0 Å². The summed E-state index contributed by atoms with van der Waals surface area (Å²) < 4.78 is 37.0. The lowest BCUT2D eigenvalue weighted by Gasteiger charge is -2.09. The molecule has 0 aromatic heterocycles. The van der Waals surface area contributed by atoms with Crippen LogP contribution in [0.5, 0.6) is 11.5 Å². The van der Waals surface area contributed by atoms with Crippen LogP contribution < -0.4 is 9.31 Å². The fraction of sp³-hybridized carbons (Fsp3) is 0. The van der Waals surface area contributed by atoms with Gasteiger partial charge in [-0.2, -0.15) is 0 Å². The van der Waals surface area contributed by atoms with Crippen LogP contribution in [0.4, 0.5) is 8.78 Å². The molecule has 0 radical (unpaired) electrons. The molecule has 0 spiro atoms. The predicted molar refractivity (Wildman–Crippen MR) is 71.2 cm³/mol. The van der Waals surface area contributed by atoms with Gasteiger partial charge in [0, 0.05) is 0 Å². The van der Waals surface area contributed by atoms with E-state index in [0.29, 0.717) is 0 Å². The average molecular weight is 303 g/mol. The molecule has 0 saturated heterocycles. The molecule has 98 valence electrons. The van der Waals surface area contributed by atoms with Gasteiger partial charge < -0.3 is 9.31 Å². The molecule has 2 aromatic carbocycles. The molecule has 0 atom stereocenters. The summed E-state index contributed by atoms with van der Waals surface area (Å²) in [6.07, 6.45) is 0. The second-order valence-corrected chi connectivity index (χ2v) is 4.32. The average Bonchev–Trinajstić information content (AvgIpc) is 2.39. The molecule has 0 heterocycles. The standard InChI is InChI=1S/C12H7BCl2F2O2/c14-7-3-1-5-9(11(7)16)18-13-19-10-6-2-4-8(15)12(10)17/h1-6,13H. The Morgan fingerprint density at radius 3 is 1.63 bits per heavy atom. The van der Waals surface area contributed by atoms with E-state index in [9.17, 15) is 8.78 Å². The van der Waals surface area contributed by atoms with E-state index in [4.69, 9.17) is 32.5 Å². The molecule has 2 aromatic rings. The van der Waals surface area contributed by atoms with Gasteiger partial charge in [-0.1, -0.05) is 35.3 Å². The van der Waals surface area contributed by atoms with Gasteiger partial charge in [-0.25, -0.2) is 8.78 Å². The summed E-state index contributed by atoms with van der Waals surface area (Å²) in [6, 6.07) is 8.61. The van der Waals surface area contributed by atoms with Crippen molar-refractivity contribution in [2.45, 2.75) is 0 Å². The Kier molecular flexibility index (Phi) is 4.50. The SMILES string of the molecule is Fc1c(Cl)cccc1OBOc1cccc(Cl)c1F. The van der Waals surface area contributed by atoms with Crippen molar-refractivity contribution in [3.8, 4) is 11.5 Å². The molecule has 0 aliphatic carbocycles. The highest BCUT2D eigenvalue weighted by atomic mass is 35.5. The summed E-state index contributed by atoms with van der Waals surface area (Å²) in [5, 5.41) is -0.127. The van der Waals surface area contributed by atoms with E-state index >= 15 is 0 Å². The van der Waals surface area contributed by atoms with Crippen molar-refractivity contribution in [3.05, 3.63) is 58.1 Å². The minimum absolute atomic E-state index is 0.0635. The van der Waals surface area contributed by atoms with Crippen LogP contribution in [0.1, 0.15) is 0 Å². The van der Waals surface area contributed by atoms with E-state index in [2.05, 4.69) is 0 Å². The van der Waals surface area contributed by atoms with Crippen LogP contribution >= 0.6 is 23.2 Å². The molecule has 0 aliphatic heterocycles. The molecule has 0 aliphatic rings. The van der Waals surface area contributed by atoms with Crippen molar-refractivity contribution in [2.24, 2.45) is 0 Å². The maximum atomic E-state index is 13.5. The molecular formula is C12H7BCl2F2O2. The summed E-state index contributed by atoms with van der Waals surface area (Å²) in [4.78, 5) is 0. The molecule has 0 fully saturated rings. The van der Waals surface area contributed by atoms with E-state index in [1.807, 2.05) is 0 Å². The Morgan fingerprint density at radius 1 is 0.789 bits per heavy atom. The Labute approximate surface area is 119 Å². The molecule has 2 nitrogen and oxygen atoms in total. The normalized spacial score (nSPS) is 10.1. The summed E-state index contributed by atoms with van der Waals surface area (Å²) in [5.74, 6) is -1.54. The van der Waals surface area contributed by atoms with Crippen molar-refractivity contribution < 1.29 is 18.1 Å². The molecule has 0 bridgehead atoms. The van der Waals surface area contributed by atoms with E-state index in [0.717, 1.165) is 0 Å². The number of hydrogen-bond acceptors (Lipinski definition) is 2. The number of benzene rings is 2. The highest BCUT2D eigenvalue weighted by Gasteiger charge is 2.11. The monoisotopic (exact) mass is 302 g/mol. The van der Waals surface area contributed by atoms with Crippen molar-refractivity contribution in [2.75, 3.05) is 0 Å². The van der Waals surface area contributed by atoms with Gasteiger partial charge in [0.25, 0.3) is 0 Å². The topological polar surface area (TPSA) is 18.5 Å². The maximum absolute atomic E-state index is 13.5. The molecule has 0 unspecified atom stereocenters. The van der Waals surface area contributed by atoms with Gasteiger partial charge in [-0.3, -0.25) is 0 Å². The second kappa shape index (κ2) is 6.13. The maximum Gasteiger partial charge on any atom is 0.576 e. The summed E-state index contributed by atoms with van der Waals surface area (Å²) in [6.45, 7) is 0. The molecule has 2 rings (SSSR count). The van der Waals surface area contributed by atoms with Crippen LogP contribution in [0.25, 0.3) is 0 Å². The third-order valence-corrected chi connectivity index (χ3v) is 2.85. The van der Waals surface area contributed by atoms with Gasteiger partial charge in [-0.05, 0) is 24.3 Å². The highest BCUT2D eigenvalue weighted by molar-refractivity contribution is 6.31. The molecular weight excluding hydrogens is 296 g/mol. The number of rotatable bonds is 4.